The summed E-state index contributed by atoms with van der Waals surface area (Å²) >= 11 is 0.699. The Bertz CT molecular complexity index is 1360. The normalized spacial score (nSPS) is 11.9. The number of carbonyl (C=O) groups is 1. The van der Waals surface area contributed by atoms with Crippen molar-refractivity contribution in [3.8, 4) is 17.4 Å². The standard InChI is InChI=1S/C20H17N5O6S2/c1-12(2)11-33(29,30)20-24-23-19(32-20)22-18(26)14(10-21)9-16-7-8-17(31-16)13-3-5-15(6-4-13)25(27)28/h3-9,12H,11H2,1-2H3,(H,22,23,26). The van der Waals surface area contributed by atoms with Gasteiger partial charge in [-0.15, -0.1) is 10.2 Å². The lowest BCUT2D eigenvalue weighted by atomic mass is 10.1. The smallest absolute Gasteiger partial charge is 0.269 e. The number of sulfone groups is 1. The summed E-state index contributed by atoms with van der Waals surface area (Å²) < 4.78 is 29.9. The summed E-state index contributed by atoms with van der Waals surface area (Å²) in [6, 6.07) is 10.6. The SMILES string of the molecule is CC(C)CS(=O)(=O)c1nnc(NC(=O)C(C#N)=Cc2ccc(-c3ccc([N+](=O)[O-])cc3)o2)s1. The van der Waals surface area contributed by atoms with E-state index in [0.717, 1.165) is 0 Å². The number of benzene rings is 1. The molecule has 3 aromatic rings. The molecule has 0 aliphatic carbocycles. The van der Waals surface area contributed by atoms with E-state index in [2.05, 4.69) is 15.5 Å². The molecular weight excluding hydrogens is 470 g/mol. The Kier molecular flexibility index (Phi) is 7.00. The number of nitro benzene ring substituents is 1. The maximum Gasteiger partial charge on any atom is 0.269 e. The zero-order chi connectivity index (χ0) is 24.2. The number of non-ortho nitro benzene ring substituents is 1. The second-order valence-corrected chi connectivity index (χ2v) is 10.4. The summed E-state index contributed by atoms with van der Waals surface area (Å²) in [4.78, 5) is 22.7. The van der Waals surface area contributed by atoms with Gasteiger partial charge in [-0.05, 0) is 30.2 Å². The Morgan fingerprint density at radius 2 is 1.97 bits per heavy atom. The van der Waals surface area contributed by atoms with Crippen molar-refractivity contribution in [3.63, 3.8) is 0 Å². The minimum Gasteiger partial charge on any atom is -0.457 e. The number of anilines is 1. The Balaban J connectivity index is 1.75. The van der Waals surface area contributed by atoms with Gasteiger partial charge in [0.25, 0.3) is 11.6 Å². The monoisotopic (exact) mass is 487 g/mol. The van der Waals surface area contributed by atoms with Crippen LogP contribution in [0, 0.1) is 27.4 Å². The van der Waals surface area contributed by atoms with Crippen LogP contribution < -0.4 is 5.32 Å². The van der Waals surface area contributed by atoms with Gasteiger partial charge in [0, 0.05) is 23.8 Å². The molecule has 11 nitrogen and oxygen atoms in total. The van der Waals surface area contributed by atoms with E-state index in [1.54, 1.807) is 26.0 Å². The van der Waals surface area contributed by atoms with E-state index in [9.17, 15) is 28.6 Å². The lowest BCUT2D eigenvalue weighted by Crippen LogP contribution is -2.13. The van der Waals surface area contributed by atoms with Crippen LogP contribution in [0.25, 0.3) is 17.4 Å². The number of hydrogen-bond acceptors (Lipinski definition) is 10. The summed E-state index contributed by atoms with van der Waals surface area (Å²) in [6.07, 6.45) is 1.21. The maximum atomic E-state index is 12.4. The lowest BCUT2D eigenvalue weighted by molar-refractivity contribution is -0.384. The van der Waals surface area contributed by atoms with Crippen molar-refractivity contribution in [2.24, 2.45) is 5.92 Å². The number of nitro groups is 1. The van der Waals surface area contributed by atoms with Crippen LogP contribution in [0.5, 0.6) is 0 Å². The zero-order valence-electron chi connectivity index (χ0n) is 17.4. The Labute approximate surface area is 192 Å². The number of aromatic nitrogens is 2. The number of nitrogens with one attached hydrogen (secondary N) is 1. The van der Waals surface area contributed by atoms with E-state index in [1.807, 2.05) is 0 Å². The molecule has 0 saturated heterocycles. The highest BCUT2D eigenvalue weighted by Gasteiger charge is 2.23. The van der Waals surface area contributed by atoms with Gasteiger partial charge >= 0.3 is 0 Å². The highest BCUT2D eigenvalue weighted by molar-refractivity contribution is 7.93. The van der Waals surface area contributed by atoms with Crippen LogP contribution in [0.4, 0.5) is 10.8 Å². The molecule has 1 aromatic carbocycles. The van der Waals surface area contributed by atoms with Crippen molar-refractivity contribution < 1.29 is 22.6 Å². The van der Waals surface area contributed by atoms with Gasteiger partial charge in [0.2, 0.25) is 19.3 Å². The van der Waals surface area contributed by atoms with Gasteiger partial charge in [-0.1, -0.05) is 25.2 Å². The molecule has 170 valence electrons. The first-order valence-corrected chi connectivity index (χ1v) is 11.9. The van der Waals surface area contributed by atoms with E-state index in [-0.39, 0.29) is 38.2 Å². The third kappa shape index (κ3) is 5.88. The van der Waals surface area contributed by atoms with Gasteiger partial charge in [0.1, 0.15) is 23.2 Å². The third-order valence-corrected chi connectivity index (χ3v) is 7.45. The molecule has 33 heavy (non-hydrogen) atoms. The van der Waals surface area contributed by atoms with Crippen molar-refractivity contribution >= 4 is 44.0 Å². The summed E-state index contributed by atoms with van der Waals surface area (Å²) in [6.45, 7) is 3.51. The van der Waals surface area contributed by atoms with Crippen LogP contribution >= 0.6 is 11.3 Å². The van der Waals surface area contributed by atoms with Crippen LogP contribution in [-0.2, 0) is 14.6 Å². The second kappa shape index (κ2) is 9.72. The molecule has 0 atom stereocenters. The average Bonchev–Trinajstić information content (AvgIpc) is 3.41. The number of rotatable bonds is 8. The quantitative estimate of drug-likeness (QED) is 0.164. The molecule has 0 spiro atoms. The first-order valence-electron chi connectivity index (χ1n) is 9.43. The number of hydrogen-bond donors (Lipinski definition) is 1. The van der Waals surface area contributed by atoms with Gasteiger partial charge in [0.15, 0.2) is 0 Å². The minimum absolute atomic E-state index is 0.0607. The molecule has 0 aliphatic heterocycles. The molecular formula is C20H17N5O6S2. The van der Waals surface area contributed by atoms with E-state index < -0.39 is 20.7 Å². The van der Waals surface area contributed by atoms with Crippen LogP contribution in [-0.4, -0.2) is 35.2 Å². The van der Waals surface area contributed by atoms with E-state index in [4.69, 9.17) is 4.42 Å². The van der Waals surface area contributed by atoms with Crippen molar-refractivity contribution in [3.05, 3.63) is 57.8 Å². The van der Waals surface area contributed by atoms with Crippen LogP contribution in [0.15, 0.2) is 50.7 Å². The largest absolute Gasteiger partial charge is 0.457 e. The number of furan rings is 1. The molecule has 1 amide bonds. The molecule has 2 aromatic heterocycles. The molecule has 1 N–H and O–H groups in total. The fourth-order valence-corrected chi connectivity index (χ4v) is 5.29. The van der Waals surface area contributed by atoms with Crippen LogP contribution in [0.3, 0.4) is 0 Å². The maximum absolute atomic E-state index is 12.4. The summed E-state index contributed by atoms with van der Waals surface area (Å²) in [5, 5.41) is 29.7. The minimum atomic E-state index is -3.62. The van der Waals surface area contributed by atoms with Crippen molar-refractivity contribution in [1.82, 2.24) is 10.2 Å². The first kappa shape index (κ1) is 23.8. The molecule has 3 rings (SSSR count). The summed E-state index contributed by atoms with van der Waals surface area (Å²) in [5.74, 6) is -0.427. The average molecular weight is 488 g/mol. The second-order valence-electron chi connectivity index (χ2n) is 7.18. The van der Waals surface area contributed by atoms with E-state index in [0.29, 0.717) is 22.7 Å². The van der Waals surface area contributed by atoms with E-state index in [1.165, 1.54) is 36.4 Å². The van der Waals surface area contributed by atoms with Gasteiger partial charge in [-0.3, -0.25) is 20.2 Å². The molecule has 0 unspecified atom stereocenters. The van der Waals surface area contributed by atoms with Gasteiger partial charge < -0.3 is 4.42 Å². The fourth-order valence-electron chi connectivity index (χ4n) is 2.68. The zero-order valence-corrected chi connectivity index (χ0v) is 19.0. The Morgan fingerprint density at radius 3 is 2.58 bits per heavy atom. The number of carbonyl (C=O) groups excluding carboxylic acids is 1. The summed E-state index contributed by atoms with van der Waals surface area (Å²) in [7, 11) is -3.62. The molecule has 0 bridgehead atoms. The van der Waals surface area contributed by atoms with Crippen molar-refractivity contribution in [1.29, 1.82) is 5.26 Å². The molecule has 2 heterocycles. The first-order chi connectivity index (χ1) is 15.6. The predicted molar refractivity (Wildman–Crippen MR) is 120 cm³/mol. The third-order valence-electron chi connectivity index (χ3n) is 4.09. The number of nitriles is 1. The highest BCUT2D eigenvalue weighted by Crippen LogP contribution is 2.26. The molecule has 0 radical (unpaired) electrons. The molecule has 0 saturated carbocycles. The summed E-state index contributed by atoms with van der Waals surface area (Å²) in [5.41, 5.74) is 0.208. The van der Waals surface area contributed by atoms with Gasteiger partial charge in [-0.25, -0.2) is 8.42 Å². The molecule has 0 fully saturated rings. The Hall–Kier alpha value is -3.89. The van der Waals surface area contributed by atoms with Crippen molar-refractivity contribution in [2.75, 3.05) is 11.1 Å². The predicted octanol–water partition coefficient (Wildman–Crippen LogP) is 3.68. The number of nitrogens with zero attached hydrogens (tertiary/aromatic N) is 4. The van der Waals surface area contributed by atoms with E-state index >= 15 is 0 Å². The molecule has 13 heteroatoms. The van der Waals surface area contributed by atoms with Crippen LogP contribution in [0.1, 0.15) is 19.6 Å². The topological polar surface area (TPSA) is 169 Å². The van der Waals surface area contributed by atoms with Gasteiger partial charge in [0.05, 0.1) is 10.7 Å². The molecule has 0 aliphatic rings. The van der Waals surface area contributed by atoms with Crippen LogP contribution in [0.2, 0.25) is 0 Å². The van der Waals surface area contributed by atoms with Crippen molar-refractivity contribution in [2.45, 2.75) is 18.2 Å². The lowest BCUT2D eigenvalue weighted by Gasteiger charge is -2.02. The Morgan fingerprint density at radius 1 is 1.27 bits per heavy atom. The highest BCUT2D eigenvalue weighted by atomic mass is 32.2. The van der Waals surface area contributed by atoms with Gasteiger partial charge in [-0.2, -0.15) is 5.26 Å². The number of amides is 1. The fraction of sp³-hybridized carbons (Fsp3) is 0.200.